The molecule has 0 amide bonds. The number of aromatic nitrogens is 4. The molecule has 2 aromatic heterocycles. The molecule has 0 fully saturated rings. The van der Waals surface area contributed by atoms with Crippen LogP contribution in [0.25, 0.3) is 22.3 Å². The van der Waals surface area contributed by atoms with Gasteiger partial charge >= 0.3 is 5.69 Å². The minimum absolute atomic E-state index is 0.0923. The summed E-state index contributed by atoms with van der Waals surface area (Å²) in [5.74, 6) is 0.204. The van der Waals surface area contributed by atoms with Crippen LogP contribution in [-0.4, -0.2) is 31.3 Å². The Bertz CT molecular complexity index is 1140. The molecule has 0 spiro atoms. The number of aromatic hydroxyl groups is 1. The van der Waals surface area contributed by atoms with Crippen LogP contribution in [0.4, 0.5) is 0 Å². The molecular formula is C15H14N4O4S. The normalized spacial score (nSPS) is 11.0. The number of phenols is 1. The van der Waals surface area contributed by atoms with Crippen LogP contribution in [0.15, 0.2) is 27.8 Å². The summed E-state index contributed by atoms with van der Waals surface area (Å²) in [7, 11) is 4.36. The zero-order valence-corrected chi connectivity index (χ0v) is 14.0. The van der Waals surface area contributed by atoms with Crippen LogP contribution in [0.5, 0.6) is 11.5 Å². The molecule has 3 rings (SSSR count). The van der Waals surface area contributed by atoms with E-state index in [9.17, 15) is 14.7 Å². The number of methoxy groups -OCH3 is 1. The van der Waals surface area contributed by atoms with E-state index in [1.165, 1.54) is 31.8 Å². The Morgan fingerprint density at radius 3 is 2.58 bits per heavy atom. The first-order valence-corrected chi connectivity index (χ1v) is 7.33. The second kappa shape index (κ2) is 5.60. The maximum absolute atomic E-state index is 12.6. The maximum atomic E-state index is 12.6. The van der Waals surface area contributed by atoms with Crippen molar-refractivity contribution < 1.29 is 9.84 Å². The summed E-state index contributed by atoms with van der Waals surface area (Å²) in [6, 6.07) is 4.64. The standard InChI is InChI=1S/C15H14N4O4S/c1-18-12-10(13(21)19(2)15(18)22)11(16-14(24)17-12)7-4-5-9(23-3)8(20)6-7/h4-6,20H,1-3H3,(H,16,17,24). The summed E-state index contributed by atoms with van der Waals surface area (Å²) < 4.78 is 7.42. The molecule has 0 saturated heterocycles. The molecule has 0 atom stereocenters. The van der Waals surface area contributed by atoms with Crippen molar-refractivity contribution in [3.63, 3.8) is 0 Å². The fourth-order valence-electron chi connectivity index (χ4n) is 2.54. The van der Waals surface area contributed by atoms with Gasteiger partial charge in [0, 0.05) is 19.7 Å². The third-order valence-corrected chi connectivity index (χ3v) is 3.99. The minimum Gasteiger partial charge on any atom is -0.504 e. The maximum Gasteiger partial charge on any atom is 0.332 e. The predicted molar refractivity (Wildman–Crippen MR) is 91.1 cm³/mol. The number of aromatic amines is 1. The average molecular weight is 346 g/mol. The van der Waals surface area contributed by atoms with E-state index in [1.54, 1.807) is 12.1 Å². The van der Waals surface area contributed by atoms with E-state index >= 15 is 0 Å². The van der Waals surface area contributed by atoms with Crippen molar-refractivity contribution in [2.75, 3.05) is 7.11 Å². The Morgan fingerprint density at radius 1 is 1.25 bits per heavy atom. The highest BCUT2D eigenvalue weighted by atomic mass is 32.1. The van der Waals surface area contributed by atoms with Gasteiger partial charge in [-0.1, -0.05) is 0 Å². The van der Waals surface area contributed by atoms with Crippen molar-refractivity contribution in [3.8, 4) is 22.8 Å². The quantitative estimate of drug-likeness (QED) is 0.673. The van der Waals surface area contributed by atoms with Crippen LogP contribution in [-0.2, 0) is 14.1 Å². The number of hydrogen-bond donors (Lipinski definition) is 2. The van der Waals surface area contributed by atoms with Crippen LogP contribution in [0.2, 0.25) is 0 Å². The number of aryl methyl sites for hydroxylation is 1. The summed E-state index contributed by atoms with van der Waals surface area (Å²) >= 11 is 5.11. The van der Waals surface area contributed by atoms with Gasteiger partial charge in [-0.15, -0.1) is 0 Å². The lowest BCUT2D eigenvalue weighted by atomic mass is 10.1. The zero-order chi connectivity index (χ0) is 17.6. The van der Waals surface area contributed by atoms with Gasteiger partial charge < -0.3 is 14.8 Å². The van der Waals surface area contributed by atoms with Gasteiger partial charge in [-0.3, -0.25) is 13.9 Å². The highest BCUT2D eigenvalue weighted by molar-refractivity contribution is 7.71. The Kier molecular flexibility index (Phi) is 3.72. The highest BCUT2D eigenvalue weighted by Gasteiger charge is 2.17. The van der Waals surface area contributed by atoms with E-state index in [0.717, 1.165) is 4.57 Å². The van der Waals surface area contributed by atoms with Crippen LogP contribution in [0, 0.1) is 4.77 Å². The molecule has 2 N–H and O–H groups in total. The Labute approximate surface area is 140 Å². The second-order valence-corrected chi connectivity index (χ2v) is 5.59. The summed E-state index contributed by atoms with van der Waals surface area (Å²) in [4.78, 5) is 31.7. The highest BCUT2D eigenvalue weighted by Crippen LogP contribution is 2.32. The molecule has 0 aliphatic carbocycles. The Balaban J connectivity index is 2.50. The number of phenolic OH excluding ortho intramolecular Hbond substituents is 1. The monoisotopic (exact) mass is 346 g/mol. The predicted octanol–water partition coefficient (Wildman–Crippen LogP) is 1.07. The topological polar surface area (TPSA) is 102 Å². The largest absolute Gasteiger partial charge is 0.504 e. The number of ether oxygens (including phenoxy) is 1. The molecular weight excluding hydrogens is 332 g/mol. The fraction of sp³-hybridized carbons (Fsp3) is 0.200. The molecule has 0 bridgehead atoms. The van der Waals surface area contributed by atoms with E-state index in [-0.39, 0.29) is 27.2 Å². The van der Waals surface area contributed by atoms with Gasteiger partial charge in [0.15, 0.2) is 16.3 Å². The molecule has 1 aromatic carbocycles. The van der Waals surface area contributed by atoms with E-state index < -0.39 is 11.2 Å². The van der Waals surface area contributed by atoms with Crippen molar-refractivity contribution in [1.29, 1.82) is 0 Å². The SMILES string of the molecule is COc1ccc(-c2nc(=S)[nH]c3c2c(=O)n(C)c(=O)n3C)cc1O. The molecule has 0 saturated carbocycles. The molecule has 0 aliphatic heterocycles. The van der Waals surface area contributed by atoms with Gasteiger partial charge in [0.1, 0.15) is 11.0 Å². The number of rotatable bonds is 2. The van der Waals surface area contributed by atoms with Crippen molar-refractivity contribution >= 4 is 23.3 Å². The van der Waals surface area contributed by atoms with E-state index in [0.29, 0.717) is 11.3 Å². The fourth-order valence-corrected chi connectivity index (χ4v) is 2.72. The molecule has 2 heterocycles. The van der Waals surface area contributed by atoms with Gasteiger partial charge in [-0.2, -0.15) is 0 Å². The van der Waals surface area contributed by atoms with Crippen molar-refractivity contribution in [2.24, 2.45) is 14.1 Å². The molecule has 24 heavy (non-hydrogen) atoms. The van der Waals surface area contributed by atoms with Gasteiger partial charge in [0.2, 0.25) is 0 Å². The summed E-state index contributed by atoms with van der Waals surface area (Å²) in [6.45, 7) is 0. The first kappa shape index (κ1) is 15.9. The number of benzene rings is 1. The molecule has 0 radical (unpaired) electrons. The van der Waals surface area contributed by atoms with Crippen LogP contribution in [0.3, 0.4) is 0 Å². The lowest BCUT2D eigenvalue weighted by molar-refractivity contribution is 0.373. The van der Waals surface area contributed by atoms with Gasteiger partial charge in [0.25, 0.3) is 5.56 Å². The smallest absolute Gasteiger partial charge is 0.332 e. The molecule has 9 heteroatoms. The Morgan fingerprint density at radius 2 is 1.96 bits per heavy atom. The first-order valence-electron chi connectivity index (χ1n) is 6.92. The third kappa shape index (κ3) is 2.29. The van der Waals surface area contributed by atoms with E-state index in [4.69, 9.17) is 17.0 Å². The number of nitrogens with one attached hydrogen (secondary N) is 1. The average Bonchev–Trinajstić information content (AvgIpc) is 2.57. The number of hydrogen-bond acceptors (Lipinski definition) is 6. The van der Waals surface area contributed by atoms with E-state index in [2.05, 4.69) is 9.97 Å². The lowest BCUT2D eigenvalue weighted by Crippen LogP contribution is -2.37. The second-order valence-electron chi connectivity index (χ2n) is 5.21. The first-order chi connectivity index (χ1) is 11.3. The zero-order valence-electron chi connectivity index (χ0n) is 13.2. The minimum atomic E-state index is -0.503. The molecule has 0 aliphatic rings. The summed E-state index contributed by atoms with van der Waals surface area (Å²) in [6.07, 6.45) is 0. The van der Waals surface area contributed by atoms with Gasteiger partial charge in [-0.25, -0.2) is 9.78 Å². The van der Waals surface area contributed by atoms with Gasteiger partial charge in [0.05, 0.1) is 12.8 Å². The summed E-state index contributed by atoms with van der Waals surface area (Å²) in [5.41, 5.74) is 0.0514. The molecule has 0 unspecified atom stereocenters. The third-order valence-electron chi connectivity index (χ3n) is 3.79. The van der Waals surface area contributed by atoms with Gasteiger partial charge in [-0.05, 0) is 30.4 Å². The van der Waals surface area contributed by atoms with Crippen molar-refractivity contribution in [2.45, 2.75) is 0 Å². The van der Waals surface area contributed by atoms with Crippen LogP contribution >= 0.6 is 12.2 Å². The summed E-state index contributed by atoms with van der Waals surface area (Å²) in [5, 5.41) is 10.2. The van der Waals surface area contributed by atoms with Crippen molar-refractivity contribution in [3.05, 3.63) is 43.8 Å². The molecule has 8 nitrogen and oxygen atoms in total. The van der Waals surface area contributed by atoms with E-state index in [1.807, 2.05) is 0 Å². The molecule has 3 aromatic rings. The van der Waals surface area contributed by atoms with Crippen LogP contribution in [0.1, 0.15) is 0 Å². The number of H-pyrrole nitrogens is 1. The van der Waals surface area contributed by atoms with Crippen molar-refractivity contribution in [1.82, 2.24) is 19.1 Å². The van der Waals surface area contributed by atoms with Crippen LogP contribution < -0.4 is 16.0 Å². The number of fused-ring (bicyclic) bond motifs is 1. The molecule has 124 valence electrons. The Hall–Kier alpha value is -2.94. The number of nitrogens with zero attached hydrogens (tertiary/aromatic N) is 3. The lowest BCUT2D eigenvalue weighted by Gasteiger charge is -2.11.